The Bertz CT molecular complexity index is 4650. The predicted molar refractivity (Wildman–Crippen MR) is 453 cm³/mol. The first-order valence-electron chi connectivity index (χ1n) is 41.6. The zero-order valence-corrected chi connectivity index (χ0v) is 68.7. The third-order valence-corrected chi connectivity index (χ3v) is 21.5. The van der Waals surface area contributed by atoms with Crippen LogP contribution in [0.4, 0.5) is 0 Å². The smallest absolute Gasteiger partial charge is 0.165 e. The van der Waals surface area contributed by atoms with Crippen molar-refractivity contribution < 1.29 is 18.9 Å². The van der Waals surface area contributed by atoms with Gasteiger partial charge in [-0.3, -0.25) is 0 Å². The van der Waals surface area contributed by atoms with E-state index in [9.17, 15) is 0 Å². The number of rotatable bonds is 36. The first kappa shape index (κ1) is 80.4. The second-order valence-corrected chi connectivity index (χ2v) is 34.6. The lowest BCUT2D eigenvalue weighted by atomic mass is 9.84. The Hall–Kier alpha value is -8.64. The lowest BCUT2D eigenvalue weighted by Gasteiger charge is -2.20. The van der Waals surface area contributed by atoms with Gasteiger partial charge in [0.25, 0.3) is 0 Å². The third kappa shape index (κ3) is 20.2. The van der Waals surface area contributed by atoms with Crippen LogP contribution in [-0.2, 0) is 21.7 Å². The standard InChI is InChI=1S/C96H126N8O4/c1-17-21-25-29-33-37-57-105-77-61-73-75(63-79(77)107-59-39-35-31-27-23-19-3)87-98-85(73)97-86-74-62-78(106-58-38-34-30-26-22-18-2)80(108-60-40-36-32-28-24-20-4)64-76(74)88(99-86)101-90-82(66-43-51-70(52-44-66)94(8,9)10)84(68-47-55-72(56-48-68)96(14,15)16)92(103-90)104-91-83(67-45-53-71(54-46-67)95(11,12)13)81(89(100-87)102-91)65-41-49-69(50-42-65)93(5,6)7/h41-56,61-64H,17-40,57-60H2,1-16H3,(H2,97,98,99,100,101,102,103,104). The molecule has 0 saturated heterocycles. The molecule has 2 aliphatic rings. The summed E-state index contributed by atoms with van der Waals surface area (Å²) in [6.07, 6.45) is 27.5. The SMILES string of the molecule is CCCCCCCCOc1cc2c(cc1OCCCCCCCC)-c1nc-2nc2[nH]c(nc3nc(nc4[nH]c(n1)c1cc(OCCCCCCCC)c(OCCCCCCCC)cc41)C(c1ccc(C(C)(C)C)cc1)=C3c1ccc(C(C)(C)C)cc1)c(-c1ccc(C(C)(C)C)cc1)c2-c1ccc(C(C)(C)C)cc1. The fourth-order valence-corrected chi connectivity index (χ4v) is 14.7. The molecule has 2 aliphatic heterocycles. The van der Waals surface area contributed by atoms with E-state index in [1.54, 1.807) is 0 Å². The molecule has 0 radical (unpaired) electrons. The number of H-pyrrole nitrogens is 2. The first-order valence-corrected chi connectivity index (χ1v) is 41.6. The maximum atomic E-state index is 6.95. The van der Waals surface area contributed by atoms with Crippen LogP contribution in [0.3, 0.4) is 0 Å². The van der Waals surface area contributed by atoms with Gasteiger partial charge in [-0.25, -0.2) is 29.9 Å². The number of hydrogen-bond donors (Lipinski definition) is 2. The maximum absolute atomic E-state index is 6.95. The Morgan fingerprint density at radius 2 is 0.500 bits per heavy atom. The largest absolute Gasteiger partial charge is 0.490 e. The quantitative estimate of drug-likeness (QED) is 0.0364. The van der Waals surface area contributed by atoms with Gasteiger partial charge in [0, 0.05) is 44.2 Å². The highest BCUT2D eigenvalue weighted by atomic mass is 16.5. The number of nitrogens with zero attached hydrogens (tertiary/aromatic N) is 6. The molecule has 0 atom stereocenters. The van der Waals surface area contributed by atoms with E-state index in [0.29, 0.717) is 95.3 Å². The summed E-state index contributed by atoms with van der Waals surface area (Å²) >= 11 is 0. The second-order valence-electron chi connectivity index (χ2n) is 34.6. The molecule has 8 bridgehead atoms. The minimum atomic E-state index is -0.101. The molecule has 3 aromatic heterocycles. The zero-order chi connectivity index (χ0) is 76.6. The van der Waals surface area contributed by atoms with Crippen molar-refractivity contribution >= 4 is 44.5 Å². The van der Waals surface area contributed by atoms with E-state index in [2.05, 4.69) is 242 Å². The number of benzene rings is 6. The Morgan fingerprint density at radius 1 is 0.259 bits per heavy atom. The zero-order valence-electron chi connectivity index (χ0n) is 68.7. The molecule has 0 fully saturated rings. The van der Waals surface area contributed by atoms with Gasteiger partial charge in [-0.15, -0.1) is 0 Å². The average Bonchev–Trinajstić information content (AvgIpc) is 1.58. The summed E-state index contributed by atoms with van der Waals surface area (Å²) in [5, 5.41) is 1.61. The van der Waals surface area contributed by atoms with Crippen molar-refractivity contribution in [1.82, 2.24) is 39.9 Å². The molecule has 5 heterocycles. The Labute approximate surface area is 647 Å². The number of aromatic nitrogens is 8. The number of hydrogen-bond acceptors (Lipinski definition) is 10. The summed E-state index contributed by atoms with van der Waals surface area (Å²) in [7, 11) is 0. The molecular formula is C96H126N8O4. The van der Waals surface area contributed by atoms with E-state index in [4.69, 9.17) is 48.9 Å². The van der Waals surface area contributed by atoms with Gasteiger partial charge in [0.1, 0.15) is 22.6 Å². The minimum absolute atomic E-state index is 0.0984. The molecule has 0 unspecified atom stereocenters. The second kappa shape index (κ2) is 36.7. The van der Waals surface area contributed by atoms with E-state index in [-0.39, 0.29) is 21.7 Å². The molecule has 0 aliphatic carbocycles. The van der Waals surface area contributed by atoms with Crippen molar-refractivity contribution in [2.75, 3.05) is 26.4 Å². The van der Waals surface area contributed by atoms with Gasteiger partial charge >= 0.3 is 0 Å². The Balaban J connectivity index is 1.27. The van der Waals surface area contributed by atoms with Crippen LogP contribution < -0.4 is 18.9 Å². The lowest BCUT2D eigenvalue weighted by molar-refractivity contribution is 0.258. The molecule has 0 saturated carbocycles. The molecular weight excluding hydrogens is 1330 g/mol. The van der Waals surface area contributed by atoms with Crippen molar-refractivity contribution in [3.8, 4) is 68.0 Å². The van der Waals surface area contributed by atoms with Gasteiger partial charge in [0.05, 0.1) is 26.4 Å². The van der Waals surface area contributed by atoms with Crippen molar-refractivity contribution in [3.05, 3.63) is 166 Å². The summed E-state index contributed by atoms with van der Waals surface area (Å²) in [6, 6.07) is 44.4. The van der Waals surface area contributed by atoms with Gasteiger partial charge in [0.15, 0.2) is 46.3 Å². The molecule has 12 nitrogen and oxygen atoms in total. The molecule has 11 rings (SSSR count). The summed E-state index contributed by atoms with van der Waals surface area (Å²) in [6.45, 7) is 38.4. The van der Waals surface area contributed by atoms with Gasteiger partial charge in [-0.1, -0.05) is 336 Å². The van der Waals surface area contributed by atoms with Crippen LogP contribution in [0.25, 0.3) is 89.5 Å². The summed E-state index contributed by atoms with van der Waals surface area (Å²) in [5.74, 6) is 4.62. The predicted octanol–water partition coefficient (Wildman–Crippen LogP) is 26.9. The monoisotopic (exact) mass is 1450 g/mol. The number of ether oxygens (including phenoxy) is 4. The van der Waals surface area contributed by atoms with E-state index >= 15 is 0 Å². The molecule has 0 spiro atoms. The third-order valence-electron chi connectivity index (χ3n) is 21.5. The highest BCUT2D eigenvalue weighted by Crippen LogP contribution is 2.47. The molecule has 574 valence electrons. The first-order chi connectivity index (χ1) is 51.9. The molecule has 108 heavy (non-hydrogen) atoms. The van der Waals surface area contributed by atoms with E-state index in [0.717, 1.165) is 118 Å². The van der Waals surface area contributed by atoms with Crippen LogP contribution in [0.2, 0.25) is 0 Å². The Kier molecular flexibility index (Phi) is 27.3. The van der Waals surface area contributed by atoms with Crippen LogP contribution in [0, 0.1) is 0 Å². The topological polar surface area (TPSA) is 146 Å². The molecule has 2 N–H and O–H groups in total. The van der Waals surface area contributed by atoms with Gasteiger partial charge in [0.2, 0.25) is 0 Å². The summed E-state index contributed by atoms with van der Waals surface area (Å²) in [4.78, 5) is 42.7. The van der Waals surface area contributed by atoms with Crippen LogP contribution in [0.1, 0.15) is 310 Å². The highest BCUT2D eigenvalue weighted by Gasteiger charge is 2.31. The van der Waals surface area contributed by atoms with Crippen LogP contribution >= 0.6 is 0 Å². The van der Waals surface area contributed by atoms with Gasteiger partial charge in [-0.05, 0) is 116 Å². The fraction of sp³-hybridized carbons (Fsp3) is 0.500. The van der Waals surface area contributed by atoms with E-state index in [1.807, 2.05) is 0 Å². The normalized spacial score (nSPS) is 12.7. The number of aromatic amines is 2. The number of nitrogens with one attached hydrogen (secondary N) is 2. The summed E-state index contributed by atoms with van der Waals surface area (Å²) < 4.78 is 27.8. The van der Waals surface area contributed by atoms with Crippen molar-refractivity contribution in [2.24, 2.45) is 0 Å². The van der Waals surface area contributed by atoms with Crippen LogP contribution in [-0.4, -0.2) is 66.3 Å². The minimum Gasteiger partial charge on any atom is -0.490 e. The molecule has 6 aromatic carbocycles. The van der Waals surface area contributed by atoms with Crippen molar-refractivity contribution in [2.45, 2.75) is 287 Å². The van der Waals surface area contributed by atoms with Gasteiger partial charge < -0.3 is 28.9 Å². The number of unbranched alkanes of at least 4 members (excludes halogenated alkanes) is 20. The Morgan fingerprint density at radius 3 is 0.806 bits per heavy atom. The molecule has 12 heteroatoms. The van der Waals surface area contributed by atoms with Crippen molar-refractivity contribution in [1.29, 1.82) is 0 Å². The lowest BCUT2D eigenvalue weighted by Crippen LogP contribution is -2.11. The number of fused-ring (bicyclic) bond motifs is 14. The highest BCUT2D eigenvalue weighted by molar-refractivity contribution is 6.09. The summed E-state index contributed by atoms with van der Waals surface area (Å²) in [5.41, 5.74) is 15.7. The van der Waals surface area contributed by atoms with Crippen LogP contribution in [0.5, 0.6) is 23.0 Å². The van der Waals surface area contributed by atoms with E-state index < -0.39 is 0 Å². The maximum Gasteiger partial charge on any atom is 0.165 e. The molecule has 9 aromatic rings. The van der Waals surface area contributed by atoms with E-state index in [1.165, 1.54) is 125 Å². The molecule has 0 amide bonds. The van der Waals surface area contributed by atoms with Crippen molar-refractivity contribution in [3.63, 3.8) is 0 Å². The fourth-order valence-electron chi connectivity index (χ4n) is 14.7. The average molecular weight is 1460 g/mol. The van der Waals surface area contributed by atoms with Crippen LogP contribution in [0.15, 0.2) is 121 Å². The van der Waals surface area contributed by atoms with Gasteiger partial charge in [-0.2, -0.15) is 0 Å².